The predicted molar refractivity (Wildman–Crippen MR) is 78.7 cm³/mol. The normalized spacial score (nSPS) is 20.4. The van der Waals surface area contributed by atoms with Crippen molar-refractivity contribution >= 4 is 5.84 Å². The number of nitrogens with zero attached hydrogens (tertiary/aromatic N) is 3. The van der Waals surface area contributed by atoms with Crippen molar-refractivity contribution in [1.29, 1.82) is 0 Å². The summed E-state index contributed by atoms with van der Waals surface area (Å²) in [5.74, 6) is 0.0415. The molecule has 1 aromatic heterocycles. The highest BCUT2D eigenvalue weighted by atomic mass is 16.4. The number of hydrogen-bond acceptors (Lipinski definition) is 5. The largest absolute Gasteiger partial charge is 0.409 e. The molecule has 1 fully saturated rings. The van der Waals surface area contributed by atoms with Crippen molar-refractivity contribution in [3.05, 3.63) is 29.6 Å². The van der Waals surface area contributed by atoms with Crippen LogP contribution in [0.3, 0.4) is 0 Å². The molecule has 0 aliphatic carbocycles. The molecule has 6 nitrogen and oxygen atoms in total. The highest BCUT2D eigenvalue weighted by molar-refractivity contribution is 5.95. The maximum absolute atomic E-state index is 8.66. The number of hydrogen-bond donors (Lipinski definition) is 3. The third kappa shape index (κ3) is 3.68. The zero-order chi connectivity index (χ0) is 14.4. The van der Waals surface area contributed by atoms with Crippen molar-refractivity contribution in [2.24, 2.45) is 10.9 Å². The van der Waals surface area contributed by atoms with Crippen molar-refractivity contribution in [3.63, 3.8) is 0 Å². The molecular weight excluding hydrogens is 254 g/mol. The molecule has 1 atom stereocenters. The van der Waals surface area contributed by atoms with Crippen LogP contribution >= 0.6 is 0 Å². The van der Waals surface area contributed by atoms with Gasteiger partial charge in [-0.3, -0.25) is 9.88 Å². The van der Waals surface area contributed by atoms with Crippen LogP contribution in [-0.4, -0.2) is 46.6 Å². The Morgan fingerprint density at radius 2 is 2.50 bits per heavy atom. The lowest BCUT2D eigenvalue weighted by atomic mass is 10.2. The number of rotatable bonds is 6. The first-order chi connectivity index (χ1) is 9.74. The summed E-state index contributed by atoms with van der Waals surface area (Å²) in [6.45, 7) is 6.31. The van der Waals surface area contributed by atoms with Crippen LogP contribution in [-0.2, 0) is 6.54 Å². The Bertz CT molecular complexity index is 463. The van der Waals surface area contributed by atoms with E-state index in [-0.39, 0.29) is 5.84 Å². The van der Waals surface area contributed by atoms with Crippen LogP contribution in [0.25, 0.3) is 0 Å². The van der Waals surface area contributed by atoms with Crippen molar-refractivity contribution < 1.29 is 5.21 Å². The summed E-state index contributed by atoms with van der Waals surface area (Å²) in [6.07, 6.45) is 4.24. The van der Waals surface area contributed by atoms with Gasteiger partial charge in [0.2, 0.25) is 0 Å². The number of oxime groups is 1. The van der Waals surface area contributed by atoms with Gasteiger partial charge in [0.15, 0.2) is 5.84 Å². The molecule has 1 aliphatic heterocycles. The molecule has 0 bridgehead atoms. The van der Waals surface area contributed by atoms with Crippen LogP contribution in [0.4, 0.5) is 0 Å². The van der Waals surface area contributed by atoms with E-state index >= 15 is 0 Å². The minimum Gasteiger partial charge on any atom is -0.409 e. The fraction of sp³-hybridized carbons (Fsp3) is 0.571. The van der Waals surface area contributed by atoms with Crippen molar-refractivity contribution in [2.75, 3.05) is 19.6 Å². The van der Waals surface area contributed by atoms with E-state index in [9.17, 15) is 0 Å². The van der Waals surface area contributed by atoms with Crippen LogP contribution in [0.1, 0.15) is 31.0 Å². The van der Waals surface area contributed by atoms with Crippen LogP contribution in [0.5, 0.6) is 0 Å². The molecule has 20 heavy (non-hydrogen) atoms. The number of amidine groups is 1. The summed E-state index contributed by atoms with van der Waals surface area (Å²) < 4.78 is 0. The summed E-state index contributed by atoms with van der Waals surface area (Å²) in [4.78, 5) is 6.58. The monoisotopic (exact) mass is 277 g/mol. The number of pyridine rings is 1. The summed E-state index contributed by atoms with van der Waals surface area (Å²) in [5.41, 5.74) is 7.13. The highest BCUT2D eigenvalue weighted by Gasteiger charge is 2.21. The van der Waals surface area contributed by atoms with E-state index in [0.717, 1.165) is 25.2 Å². The number of likely N-dealkylation sites (N-methyl/N-ethyl adjacent to an activating group) is 1. The van der Waals surface area contributed by atoms with Gasteiger partial charge in [-0.25, -0.2) is 0 Å². The van der Waals surface area contributed by atoms with E-state index in [1.165, 1.54) is 19.4 Å². The highest BCUT2D eigenvalue weighted by Crippen LogP contribution is 2.15. The number of nitrogens with one attached hydrogen (secondary N) is 1. The molecule has 2 rings (SSSR count). The Morgan fingerprint density at radius 1 is 1.65 bits per heavy atom. The molecule has 4 N–H and O–H groups in total. The van der Waals surface area contributed by atoms with Crippen molar-refractivity contribution in [1.82, 2.24) is 15.2 Å². The quantitative estimate of drug-likeness (QED) is 0.309. The maximum atomic E-state index is 8.66. The predicted octanol–water partition coefficient (Wildman–Crippen LogP) is 0.750. The van der Waals surface area contributed by atoms with E-state index in [0.29, 0.717) is 11.7 Å². The van der Waals surface area contributed by atoms with Gasteiger partial charge in [0.25, 0.3) is 0 Å². The lowest BCUT2D eigenvalue weighted by Gasteiger charge is -2.23. The SMILES string of the molecule is CCN1CCCC1CNCc1ccnc(C(N)=NO)c1. The van der Waals surface area contributed by atoms with Gasteiger partial charge in [0.1, 0.15) is 5.69 Å². The summed E-state index contributed by atoms with van der Waals surface area (Å²) in [6, 6.07) is 4.42. The van der Waals surface area contributed by atoms with E-state index < -0.39 is 0 Å². The molecule has 1 aliphatic rings. The Labute approximate surface area is 119 Å². The molecule has 0 spiro atoms. The van der Waals surface area contributed by atoms with Gasteiger partial charge in [-0.2, -0.15) is 0 Å². The topological polar surface area (TPSA) is 86.8 Å². The molecule has 1 unspecified atom stereocenters. The third-order valence-electron chi connectivity index (χ3n) is 3.81. The molecule has 1 saturated heterocycles. The van der Waals surface area contributed by atoms with Gasteiger partial charge < -0.3 is 16.3 Å². The van der Waals surface area contributed by atoms with Crippen LogP contribution < -0.4 is 11.1 Å². The van der Waals surface area contributed by atoms with Crippen molar-refractivity contribution in [3.8, 4) is 0 Å². The molecule has 1 aromatic rings. The Hall–Kier alpha value is -1.66. The first-order valence-electron chi connectivity index (χ1n) is 7.12. The average molecular weight is 277 g/mol. The lowest BCUT2D eigenvalue weighted by Crippen LogP contribution is -2.37. The minimum absolute atomic E-state index is 0.0415. The average Bonchev–Trinajstić information content (AvgIpc) is 2.94. The zero-order valence-electron chi connectivity index (χ0n) is 11.9. The van der Waals surface area contributed by atoms with E-state index in [4.69, 9.17) is 10.9 Å². The van der Waals surface area contributed by atoms with Crippen LogP contribution in [0, 0.1) is 0 Å². The van der Waals surface area contributed by atoms with Crippen molar-refractivity contribution in [2.45, 2.75) is 32.4 Å². The number of nitrogens with two attached hydrogens (primary N) is 1. The summed E-state index contributed by atoms with van der Waals surface area (Å²) in [5, 5.41) is 15.1. The fourth-order valence-corrected chi connectivity index (χ4v) is 2.70. The number of likely N-dealkylation sites (tertiary alicyclic amines) is 1. The van der Waals surface area contributed by atoms with Gasteiger partial charge in [-0.15, -0.1) is 0 Å². The molecule has 0 aromatic carbocycles. The van der Waals surface area contributed by atoms with Gasteiger partial charge in [0, 0.05) is 25.3 Å². The van der Waals surface area contributed by atoms with E-state index in [1.807, 2.05) is 12.1 Å². The number of aromatic nitrogens is 1. The second-order valence-corrected chi connectivity index (χ2v) is 5.09. The van der Waals surface area contributed by atoms with Gasteiger partial charge >= 0.3 is 0 Å². The molecular formula is C14H23N5O. The third-order valence-corrected chi connectivity index (χ3v) is 3.81. The Balaban J connectivity index is 1.85. The van der Waals surface area contributed by atoms with Crippen LogP contribution in [0.2, 0.25) is 0 Å². The maximum Gasteiger partial charge on any atom is 0.188 e. The smallest absolute Gasteiger partial charge is 0.188 e. The summed E-state index contributed by atoms with van der Waals surface area (Å²) in [7, 11) is 0. The summed E-state index contributed by atoms with van der Waals surface area (Å²) >= 11 is 0. The first-order valence-corrected chi connectivity index (χ1v) is 7.12. The molecule has 6 heteroatoms. The molecule has 0 saturated carbocycles. The van der Waals surface area contributed by atoms with E-state index in [1.54, 1.807) is 6.20 Å². The second-order valence-electron chi connectivity index (χ2n) is 5.09. The van der Waals surface area contributed by atoms with Gasteiger partial charge in [0.05, 0.1) is 0 Å². The first kappa shape index (κ1) is 14.7. The van der Waals surface area contributed by atoms with Crippen LogP contribution in [0.15, 0.2) is 23.5 Å². The Kier molecular flexibility index (Phi) is 5.31. The fourth-order valence-electron chi connectivity index (χ4n) is 2.70. The zero-order valence-corrected chi connectivity index (χ0v) is 11.9. The standard InChI is InChI=1S/C14H23N5O/c1-2-19-7-3-4-12(19)10-16-9-11-5-6-17-13(8-11)14(15)18-20/h5-6,8,12,16,20H,2-4,7,9-10H2,1H3,(H2,15,18). The van der Waals surface area contributed by atoms with E-state index in [2.05, 4.69) is 27.3 Å². The second kappa shape index (κ2) is 7.21. The molecule has 110 valence electrons. The molecule has 0 radical (unpaired) electrons. The van der Waals surface area contributed by atoms with Gasteiger partial charge in [-0.05, 0) is 43.6 Å². The minimum atomic E-state index is 0.0415. The molecule has 0 amide bonds. The Morgan fingerprint density at radius 3 is 3.25 bits per heavy atom. The van der Waals surface area contributed by atoms with Gasteiger partial charge in [-0.1, -0.05) is 12.1 Å². The lowest BCUT2D eigenvalue weighted by molar-refractivity contribution is 0.260. The molecule has 2 heterocycles.